The van der Waals surface area contributed by atoms with Gasteiger partial charge in [-0.05, 0) is 28.8 Å². The van der Waals surface area contributed by atoms with Crippen LogP contribution in [0.1, 0.15) is 5.56 Å². The molecule has 0 bridgehead atoms. The van der Waals surface area contributed by atoms with Gasteiger partial charge in [0.2, 0.25) is 0 Å². The number of rotatable bonds is 4. The number of nitrogens with zero attached hydrogens (tertiary/aromatic N) is 2. The van der Waals surface area contributed by atoms with Crippen molar-refractivity contribution in [2.45, 2.75) is 6.54 Å². The molecule has 0 fully saturated rings. The molecule has 4 heteroatoms. The fourth-order valence-electron chi connectivity index (χ4n) is 2.24. The van der Waals surface area contributed by atoms with E-state index in [1.807, 2.05) is 30.3 Å². The Morgan fingerprint density at radius 1 is 1.00 bits per heavy atom. The molecule has 3 aromatic rings. The second-order valence-corrected chi connectivity index (χ2v) is 4.73. The lowest BCUT2D eigenvalue weighted by atomic mass is 9.99. The number of hydrogen-bond acceptors (Lipinski definition) is 4. The summed E-state index contributed by atoms with van der Waals surface area (Å²) in [5, 5.41) is 3.28. The van der Waals surface area contributed by atoms with E-state index < -0.39 is 0 Å². The minimum Gasteiger partial charge on any atom is -0.399 e. The van der Waals surface area contributed by atoms with Crippen molar-refractivity contribution in [3.8, 4) is 11.1 Å². The third kappa shape index (κ3) is 3.17. The molecule has 21 heavy (non-hydrogen) atoms. The summed E-state index contributed by atoms with van der Waals surface area (Å²) in [4.78, 5) is 8.26. The zero-order chi connectivity index (χ0) is 14.5. The highest BCUT2D eigenvalue weighted by atomic mass is 15.0. The number of aromatic nitrogens is 2. The van der Waals surface area contributed by atoms with E-state index in [1.54, 1.807) is 18.6 Å². The van der Waals surface area contributed by atoms with E-state index in [1.165, 1.54) is 11.1 Å². The average Bonchev–Trinajstić information content (AvgIpc) is 2.54. The van der Waals surface area contributed by atoms with E-state index in [0.717, 1.165) is 17.1 Å². The van der Waals surface area contributed by atoms with Crippen LogP contribution < -0.4 is 11.1 Å². The Morgan fingerprint density at radius 2 is 1.90 bits per heavy atom. The molecule has 0 aliphatic rings. The Morgan fingerprint density at radius 3 is 2.71 bits per heavy atom. The van der Waals surface area contributed by atoms with Gasteiger partial charge in [-0.3, -0.25) is 4.98 Å². The van der Waals surface area contributed by atoms with Crippen LogP contribution in [0.25, 0.3) is 11.1 Å². The van der Waals surface area contributed by atoms with E-state index in [4.69, 9.17) is 5.73 Å². The van der Waals surface area contributed by atoms with Crippen molar-refractivity contribution in [3.05, 3.63) is 72.7 Å². The Kier molecular flexibility index (Phi) is 3.78. The smallest absolute Gasteiger partial charge is 0.144 e. The van der Waals surface area contributed by atoms with Crippen LogP contribution >= 0.6 is 0 Å². The van der Waals surface area contributed by atoms with Crippen LogP contribution in [0.3, 0.4) is 0 Å². The lowest BCUT2D eigenvalue weighted by Gasteiger charge is -2.11. The van der Waals surface area contributed by atoms with Crippen molar-refractivity contribution in [3.63, 3.8) is 0 Å². The van der Waals surface area contributed by atoms with Crippen LogP contribution in [-0.2, 0) is 6.54 Å². The molecule has 0 saturated heterocycles. The normalized spacial score (nSPS) is 10.3. The van der Waals surface area contributed by atoms with Gasteiger partial charge in [0.1, 0.15) is 5.82 Å². The maximum atomic E-state index is 5.88. The highest BCUT2D eigenvalue weighted by Crippen LogP contribution is 2.25. The molecule has 4 nitrogen and oxygen atoms in total. The first-order valence-corrected chi connectivity index (χ1v) is 6.76. The van der Waals surface area contributed by atoms with Crippen LogP contribution in [0.2, 0.25) is 0 Å². The Bertz CT molecular complexity index is 726. The van der Waals surface area contributed by atoms with Crippen LogP contribution in [0, 0.1) is 0 Å². The topological polar surface area (TPSA) is 63.8 Å². The summed E-state index contributed by atoms with van der Waals surface area (Å²) >= 11 is 0. The molecule has 3 rings (SSSR count). The van der Waals surface area contributed by atoms with Gasteiger partial charge in [0.05, 0.1) is 6.20 Å². The highest BCUT2D eigenvalue weighted by molar-refractivity contribution is 5.70. The first-order valence-electron chi connectivity index (χ1n) is 6.76. The summed E-state index contributed by atoms with van der Waals surface area (Å²) < 4.78 is 0. The lowest BCUT2D eigenvalue weighted by molar-refractivity contribution is 1.09. The van der Waals surface area contributed by atoms with Crippen molar-refractivity contribution in [2.24, 2.45) is 0 Å². The van der Waals surface area contributed by atoms with E-state index in [-0.39, 0.29) is 0 Å². The van der Waals surface area contributed by atoms with Crippen molar-refractivity contribution in [2.75, 3.05) is 11.1 Å². The van der Waals surface area contributed by atoms with Gasteiger partial charge >= 0.3 is 0 Å². The number of nitrogen functional groups attached to an aromatic ring is 1. The summed E-state index contributed by atoms with van der Waals surface area (Å²) in [5.74, 6) is 0.764. The third-order valence-electron chi connectivity index (χ3n) is 3.24. The molecule has 1 aromatic heterocycles. The Labute approximate surface area is 123 Å². The molecule has 0 unspecified atom stereocenters. The summed E-state index contributed by atoms with van der Waals surface area (Å²) in [6.07, 6.45) is 5.04. The monoisotopic (exact) mass is 276 g/mol. The number of benzene rings is 2. The van der Waals surface area contributed by atoms with Gasteiger partial charge in [0, 0.05) is 24.6 Å². The Hall–Kier alpha value is -2.88. The van der Waals surface area contributed by atoms with Gasteiger partial charge in [-0.25, -0.2) is 4.98 Å². The second kappa shape index (κ2) is 6.05. The average molecular weight is 276 g/mol. The van der Waals surface area contributed by atoms with Gasteiger partial charge in [0.15, 0.2) is 0 Å². The SMILES string of the molecule is Nc1cccc(-c2ccccc2CNc2cnccn2)c1. The largest absolute Gasteiger partial charge is 0.399 e. The molecule has 0 aliphatic carbocycles. The van der Waals surface area contributed by atoms with Crippen LogP contribution in [-0.4, -0.2) is 9.97 Å². The van der Waals surface area contributed by atoms with Gasteiger partial charge in [-0.1, -0.05) is 36.4 Å². The molecule has 104 valence electrons. The molecule has 2 aromatic carbocycles. The number of anilines is 2. The summed E-state index contributed by atoms with van der Waals surface area (Å²) in [7, 11) is 0. The van der Waals surface area contributed by atoms with E-state index in [9.17, 15) is 0 Å². The zero-order valence-electron chi connectivity index (χ0n) is 11.5. The predicted octanol–water partition coefficient (Wildman–Crippen LogP) is 3.34. The zero-order valence-corrected chi connectivity index (χ0v) is 11.5. The molecule has 0 aliphatic heterocycles. The van der Waals surface area contributed by atoms with Crippen LogP contribution in [0.5, 0.6) is 0 Å². The molecule has 0 radical (unpaired) electrons. The van der Waals surface area contributed by atoms with Crippen molar-refractivity contribution >= 4 is 11.5 Å². The number of nitrogens with one attached hydrogen (secondary N) is 1. The molecular formula is C17H16N4. The highest BCUT2D eigenvalue weighted by Gasteiger charge is 2.05. The molecular weight excluding hydrogens is 260 g/mol. The van der Waals surface area contributed by atoms with Gasteiger partial charge in [-0.2, -0.15) is 0 Å². The van der Waals surface area contributed by atoms with Crippen LogP contribution in [0.4, 0.5) is 11.5 Å². The molecule has 0 amide bonds. The summed E-state index contributed by atoms with van der Waals surface area (Å²) in [6, 6.07) is 16.2. The van der Waals surface area contributed by atoms with Crippen LogP contribution in [0.15, 0.2) is 67.1 Å². The van der Waals surface area contributed by atoms with E-state index in [2.05, 4.69) is 33.5 Å². The molecule has 0 atom stereocenters. The Balaban J connectivity index is 1.86. The first kappa shape index (κ1) is 13.1. The predicted molar refractivity (Wildman–Crippen MR) is 85.6 cm³/mol. The minimum atomic E-state index is 0.684. The standard InChI is InChI=1S/C17H16N4/c18-15-6-3-5-13(10-15)16-7-2-1-4-14(16)11-21-17-12-19-8-9-20-17/h1-10,12H,11,18H2,(H,20,21). The molecule has 0 spiro atoms. The van der Waals surface area contributed by atoms with Crippen molar-refractivity contribution in [1.29, 1.82) is 0 Å². The lowest BCUT2D eigenvalue weighted by Crippen LogP contribution is -2.03. The fourth-order valence-corrected chi connectivity index (χ4v) is 2.24. The fraction of sp³-hybridized carbons (Fsp3) is 0.0588. The number of hydrogen-bond donors (Lipinski definition) is 2. The van der Waals surface area contributed by atoms with Crippen molar-refractivity contribution in [1.82, 2.24) is 9.97 Å². The molecule has 0 saturated carbocycles. The quantitative estimate of drug-likeness (QED) is 0.717. The second-order valence-electron chi connectivity index (χ2n) is 4.73. The van der Waals surface area contributed by atoms with Gasteiger partial charge < -0.3 is 11.1 Å². The van der Waals surface area contributed by atoms with Crippen molar-refractivity contribution < 1.29 is 0 Å². The third-order valence-corrected chi connectivity index (χ3v) is 3.24. The number of nitrogens with two attached hydrogens (primary N) is 1. The summed E-state index contributed by atoms with van der Waals surface area (Å²) in [6.45, 7) is 0.684. The minimum absolute atomic E-state index is 0.684. The first-order chi connectivity index (χ1) is 10.3. The maximum absolute atomic E-state index is 5.88. The summed E-state index contributed by atoms with van der Waals surface area (Å²) in [5.41, 5.74) is 10.1. The van der Waals surface area contributed by atoms with Gasteiger partial charge in [0.25, 0.3) is 0 Å². The van der Waals surface area contributed by atoms with Gasteiger partial charge in [-0.15, -0.1) is 0 Å². The molecule has 3 N–H and O–H groups in total. The molecule has 1 heterocycles. The maximum Gasteiger partial charge on any atom is 0.144 e. The van der Waals surface area contributed by atoms with E-state index in [0.29, 0.717) is 6.54 Å². The van der Waals surface area contributed by atoms with E-state index >= 15 is 0 Å².